The number of nitriles is 1. The van der Waals surface area contributed by atoms with Crippen molar-refractivity contribution >= 4 is 23.6 Å². The summed E-state index contributed by atoms with van der Waals surface area (Å²) in [6.07, 6.45) is -4.54. The van der Waals surface area contributed by atoms with Gasteiger partial charge in [-0.2, -0.15) is 18.4 Å². The highest BCUT2D eigenvalue weighted by Gasteiger charge is 2.44. The number of alkyl halides is 3. The lowest BCUT2D eigenvalue weighted by Gasteiger charge is -2.33. The second-order valence-electron chi connectivity index (χ2n) is 12.3. The Hall–Kier alpha value is -2.84. The molecule has 0 saturated carbocycles. The van der Waals surface area contributed by atoms with Crippen molar-refractivity contribution in [3.63, 3.8) is 0 Å². The average Bonchev–Trinajstić information content (AvgIpc) is 2.92. The number of hydrogen-bond donors (Lipinski definition) is 4. The van der Waals surface area contributed by atoms with Gasteiger partial charge in [-0.3, -0.25) is 19.2 Å². The van der Waals surface area contributed by atoms with Gasteiger partial charge in [0.05, 0.1) is 6.07 Å². The Morgan fingerprint density at radius 3 is 2.00 bits per heavy atom. The molecule has 0 unspecified atom stereocenters. The minimum Gasteiger partial charge on any atom is -0.351 e. The lowest BCUT2D eigenvalue weighted by atomic mass is 9.84. The number of hydrogen-bond acceptors (Lipinski definition) is 5. The third-order valence-electron chi connectivity index (χ3n) is 5.69. The van der Waals surface area contributed by atoms with Crippen LogP contribution in [0.2, 0.25) is 0 Å². The topological polar surface area (TPSA) is 140 Å². The van der Waals surface area contributed by atoms with Crippen molar-refractivity contribution in [2.75, 3.05) is 0 Å². The molecule has 1 rings (SSSR count). The monoisotopic (exact) mass is 517 g/mol. The number of carbonyl (C=O) groups is 4. The predicted molar refractivity (Wildman–Crippen MR) is 126 cm³/mol. The van der Waals surface area contributed by atoms with Crippen molar-refractivity contribution in [2.24, 2.45) is 16.7 Å². The fourth-order valence-electron chi connectivity index (χ4n) is 4.05. The zero-order valence-corrected chi connectivity index (χ0v) is 22.1. The fourth-order valence-corrected chi connectivity index (χ4v) is 4.05. The highest BCUT2D eigenvalue weighted by atomic mass is 19.4. The third kappa shape index (κ3) is 9.66. The standard InChI is InChI=1S/C24H38F3N5O4/c1-21(2,3)11-15(30-19(35)16(22(4,5)6)31-20(36)24(25,26)27)18(34)29-14(12-28)9-13-10-23(7,8)32-17(13)33/h13-16H,9-11H2,1-8H3,(H,29,34)(H,30,35)(H,31,36)(H,32,33)/t13-,14+,15+,16-/m1/s1. The summed E-state index contributed by atoms with van der Waals surface area (Å²) in [6, 6.07) is -1.85. The predicted octanol–water partition coefficient (Wildman–Crippen LogP) is 2.31. The molecule has 0 aromatic rings. The zero-order chi connectivity index (χ0) is 28.3. The molecule has 4 atom stereocenters. The van der Waals surface area contributed by atoms with Gasteiger partial charge < -0.3 is 21.3 Å². The molecule has 204 valence electrons. The summed E-state index contributed by atoms with van der Waals surface area (Å²) in [7, 11) is 0. The maximum atomic E-state index is 13.1. The molecule has 12 heteroatoms. The van der Waals surface area contributed by atoms with Gasteiger partial charge in [0.25, 0.3) is 0 Å². The summed E-state index contributed by atoms with van der Waals surface area (Å²) < 4.78 is 38.5. The van der Waals surface area contributed by atoms with E-state index < -0.39 is 64.3 Å². The molecular formula is C24H38F3N5O4. The SMILES string of the molecule is CC(C)(C)C[C@H](NC(=O)[C@@H](NC(=O)C(F)(F)F)C(C)(C)C)C(=O)N[C@H](C#N)C[C@@H]1CC(C)(C)NC1=O. The van der Waals surface area contributed by atoms with E-state index >= 15 is 0 Å². The van der Waals surface area contributed by atoms with Crippen LogP contribution in [0.25, 0.3) is 0 Å². The number of nitrogens with zero attached hydrogens (tertiary/aromatic N) is 1. The van der Waals surface area contributed by atoms with Crippen LogP contribution in [-0.4, -0.2) is 53.5 Å². The largest absolute Gasteiger partial charge is 0.471 e. The van der Waals surface area contributed by atoms with Crippen LogP contribution in [0.3, 0.4) is 0 Å². The Bertz CT molecular complexity index is 897. The van der Waals surface area contributed by atoms with Crippen molar-refractivity contribution in [3.8, 4) is 6.07 Å². The van der Waals surface area contributed by atoms with Gasteiger partial charge in [-0.15, -0.1) is 0 Å². The minimum atomic E-state index is -5.19. The van der Waals surface area contributed by atoms with E-state index in [-0.39, 0.29) is 18.7 Å². The van der Waals surface area contributed by atoms with Crippen LogP contribution in [0.4, 0.5) is 13.2 Å². The van der Waals surface area contributed by atoms with Crippen molar-refractivity contribution in [2.45, 2.75) is 104 Å². The Morgan fingerprint density at radius 2 is 1.61 bits per heavy atom. The molecule has 1 fully saturated rings. The van der Waals surface area contributed by atoms with E-state index in [1.807, 2.05) is 19.9 Å². The van der Waals surface area contributed by atoms with E-state index in [1.165, 1.54) is 20.8 Å². The van der Waals surface area contributed by atoms with Crippen LogP contribution in [0.5, 0.6) is 0 Å². The Balaban J connectivity index is 3.07. The second-order valence-corrected chi connectivity index (χ2v) is 12.3. The smallest absolute Gasteiger partial charge is 0.351 e. The quantitative estimate of drug-likeness (QED) is 0.391. The Kier molecular flexibility index (Phi) is 9.57. The summed E-state index contributed by atoms with van der Waals surface area (Å²) >= 11 is 0. The molecule has 1 saturated heterocycles. The van der Waals surface area contributed by atoms with Gasteiger partial charge in [0, 0.05) is 11.5 Å². The van der Waals surface area contributed by atoms with E-state index in [0.717, 1.165) is 0 Å². The molecule has 4 N–H and O–H groups in total. The lowest BCUT2D eigenvalue weighted by Crippen LogP contribution is -2.60. The summed E-state index contributed by atoms with van der Waals surface area (Å²) in [4.78, 5) is 49.9. The lowest BCUT2D eigenvalue weighted by molar-refractivity contribution is -0.175. The Morgan fingerprint density at radius 1 is 1.06 bits per heavy atom. The molecule has 36 heavy (non-hydrogen) atoms. The van der Waals surface area contributed by atoms with Gasteiger partial charge in [0.1, 0.15) is 18.1 Å². The summed E-state index contributed by atoms with van der Waals surface area (Å²) in [5.74, 6) is -4.64. The van der Waals surface area contributed by atoms with E-state index in [0.29, 0.717) is 6.42 Å². The van der Waals surface area contributed by atoms with Gasteiger partial charge in [0.2, 0.25) is 17.7 Å². The normalized spacial score (nSPS) is 20.4. The van der Waals surface area contributed by atoms with Crippen molar-refractivity contribution in [1.29, 1.82) is 5.26 Å². The molecule has 0 spiro atoms. The first kappa shape index (κ1) is 31.2. The molecule has 0 radical (unpaired) electrons. The van der Waals surface area contributed by atoms with E-state index in [1.54, 1.807) is 26.1 Å². The number of nitrogens with one attached hydrogen (secondary N) is 4. The van der Waals surface area contributed by atoms with Crippen molar-refractivity contribution < 1.29 is 32.3 Å². The van der Waals surface area contributed by atoms with Crippen LogP contribution >= 0.6 is 0 Å². The number of rotatable bonds is 8. The van der Waals surface area contributed by atoms with Crippen LogP contribution in [0.15, 0.2) is 0 Å². The summed E-state index contributed by atoms with van der Waals surface area (Å²) in [5, 5.41) is 19.1. The van der Waals surface area contributed by atoms with Gasteiger partial charge in [-0.1, -0.05) is 41.5 Å². The summed E-state index contributed by atoms with van der Waals surface area (Å²) in [6.45, 7) is 13.5. The van der Waals surface area contributed by atoms with Crippen molar-refractivity contribution in [3.05, 3.63) is 0 Å². The molecule has 4 amide bonds. The fraction of sp³-hybridized carbons (Fsp3) is 0.792. The zero-order valence-electron chi connectivity index (χ0n) is 22.1. The highest BCUT2D eigenvalue weighted by Crippen LogP contribution is 2.28. The van der Waals surface area contributed by atoms with Crippen LogP contribution < -0.4 is 21.3 Å². The molecule has 1 aliphatic heterocycles. The number of carbonyl (C=O) groups excluding carboxylic acids is 4. The molecule has 0 aromatic carbocycles. The number of amides is 4. The first-order chi connectivity index (χ1) is 16.1. The Labute approximate surface area is 210 Å². The van der Waals surface area contributed by atoms with Gasteiger partial charge in [0.15, 0.2) is 0 Å². The molecule has 9 nitrogen and oxygen atoms in total. The van der Waals surface area contributed by atoms with Gasteiger partial charge in [-0.25, -0.2) is 0 Å². The molecule has 0 bridgehead atoms. The van der Waals surface area contributed by atoms with Crippen molar-refractivity contribution in [1.82, 2.24) is 21.3 Å². The highest BCUT2D eigenvalue weighted by molar-refractivity contribution is 5.93. The molecule has 1 heterocycles. The van der Waals surface area contributed by atoms with Crippen LogP contribution in [-0.2, 0) is 19.2 Å². The third-order valence-corrected chi connectivity index (χ3v) is 5.69. The molecule has 0 aliphatic carbocycles. The average molecular weight is 518 g/mol. The molecule has 1 aliphatic rings. The van der Waals surface area contributed by atoms with Gasteiger partial charge >= 0.3 is 12.1 Å². The van der Waals surface area contributed by atoms with Crippen LogP contribution in [0, 0.1) is 28.1 Å². The van der Waals surface area contributed by atoms with Crippen LogP contribution in [0.1, 0.15) is 74.7 Å². The molecular weight excluding hydrogens is 479 g/mol. The first-order valence-electron chi connectivity index (χ1n) is 11.8. The van der Waals surface area contributed by atoms with E-state index in [2.05, 4.69) is 16.0 Å². The molecule has 0 aromatic heterocycles. The maximum Gasteiger partial charge on any atom is 0.471 e. The van der Waals surface area contributed by atoms with Gasteiger partial charge in [-0.05, 0) is 43.9 Å². The van der Waals surface area contributed by atoms with E-state index in [4.69, 9.17) is 0 Å². The first-order valence-corrected chi connectivity index (χ1v) is 11.8. The van der Waals surface area contributed by atoms with E-state index in [9.17, 15) is 37.6 Å². The second kappa shape index (κ2) is 11.0. The summed E-state index contributed by atoms with van der Waals surface area (Å²) in [5.41, 5.74) is -2.03. The minimum absolute atomic E-state index is 0.0694. The maximum absolute atomic E-state index is 13.1. The number of halogens is 3.